The number of rotatable bonds is 62. The first-order valence-corrected chi connectivity index (χ1v) is 45.6. The Hall–Kier alpha value is -16.0. The van der Waals surface area contributed by atoms with E-state index in [2.05, 4.69) is 79.4 Å². The average Bonchev–Trinajstić information content (AvgIpc) is 1.70. The first-order valence-electron chi connectivity index (χ1n) is 45.6. The zero-order valence-corrected chi connectivity index (χ0v) is 79.5. The van der Waals surface area contributed by atoms with Crippen molar-refractivity contribution >= 4 is 141 Å². The highest BCUT2D eigenvalue weighted by molar-refractivity contribution is 6.03. The van der Waals surface area contributed by atoms with Crippen LogP contribution in [0, 0.1) is 17.8 Å². The maximum atomic E-state index is 14.9. The summed E-state index contributed by atoms with van der Waals surface area (Å²) in [6, 6.07) is -4.74. The first kappa shape index (κ1) is 118. The van der Waals surface area contributed by atoms with Crippen molar-refractivity contribution < 1.29 is 146 Å². The van der Waals surface area contributed by atoms with Crippen LogP contribution in [0.4, 0.5) is 0 Å². The van der Waals surface area contributed by atoms with Crippen molar-refractivity contribution in [3.63, 3.8) is 0 Å². The van der Waals surface area contributed by atoms with E-state index >= 15 is 0 Å². The van der Waals surface area contributed by atoms with Crippen LogP contribution >= 0.6 is 0 Å². The number of aliphatic hydroxyl groups excluding tert-OH is 1. The fourth-order valence-electron chi connectivity index (χ4n) is 14.2. The van der Waals surface area contributed by atoms with E-state index < -0.39 is 310 Å². The lowest BCUT2D eigenvalue weighted by Crippen LogP contribution is -2.61. The van der Waals surface area contributed by atoms with E-state index in [1.807, 2.05) is 17.6 Å². The Morgan fingerprint density at radius 3 is 1.16 bits per heavy atom. The van der Waals surface area contributed by atoms with Crippen LogP contribution in [0.3, 0.4) is 0 Å². The Bertz CT molecular complexity index is 5330. The van der Waals surface area contributed by atoms with Gasteiger partial charge in [0.1, 0.15) is 108 Å². The van der Waals surface area contributed by atoms with Crippen molar-refractivity contribution in [3.05, 3.63) is 126 Å². The van der Waals surface area contributed by atoms with Gasteiger partial charge in [0, 0.05) is 49.2 Å². The number of nitrogens with one attached hydrogen (secondary N) is 17. The minimum absolute atomic E-state index is 0.0177. The van der Waals surface area contributed by atoms with Gasteiger partial charge in [-0.1, -0.05) is 109 Å². The molecule has 0 bridgehead atoms. The van der Waals surface area contributed by atoms with Crippen molar-refractivity contribution in [2.45, 2.75) is 235 Å². The molecule has 33 N–H and O–H groups in total. The molecule has 0 saturated heterocycles. The summed E-state index contributed by atoms with van der Waals surface area (Å²) in [5, 5.41) is 118. The fraction of sp³-hybridized carbons (Fsp3) is 0.478. The number of aliphatic carboxylic acids is 4. The van der Waals surface area contributed by atoms with Crippen LogP contribution in [0.2, 0.25) is 0 Å². The van der Waals surface area contributed by atoms with Gasteiger partial charge in [-0.15, -0.1) is 0 Å². The number of benzene rings is 4. The molecule has 51 heteroatoms. The molecule has 4 aromatic carbocycles. The highest BCUT2D eigenvalue weighted by Crippen LogP contribution is 2.23. The number of phenols is 3. The molecule has 0 radical (unpaired) electrons. The third-order valence-corrected chi connectivity index (χ3v) is 22.7. The number of H-pyrrole nitrogens is 1. The molecule has 0 aliphatic rings. The molecule has 0 unspecified atom stereocenters. The SMILES string of the molecule is CC[C@H](C)[C@H](N)C(=O)N[C@H](C(=O)N[C@@H](Cc1c[nH]c2ccccc12)C(=O)N[C@@H](Cc1ccc(O)cc1)C(=O)N[C@@H](CC(=O)O)C(=O)NCC(=O)N[C@@H](CC(=O)O)C(=O)N[C@@H](CC(N)=O)C(=O)N[C@@H](CCC(N)=O)C(=O)N[C@@H](Cc1ccc(O)cc1)C(=O)N[C@@H](Cc1ccc(O)cc1)C(=O)N[C@@H](C)C(=O)N[C@@H](CC(=O)O)C(=O)N[C@@H](CO)C(=O)N[C@H](C(=O)N[C@@H](CCCCN)C(=O)NCC(=O)O)C(C)C)[C@@H](C)CC. The van der Waals surface area contributed by atoms with E-state index in [9.17, 15) is 141 Å². The summed E-state index contributed by atoms with van der Waals surface area (Å²) >= 11 is 0. The lowest BCUT2D eigenvalue weighted by atomic mass is 9.95. The molecular formula is C92H127N21O30. The molecule has 0 fully saturated rings. The van der Waals surface area contributed by atoms with E-state index in [1.165, 1.54) is 86.6 Å². The molecule has 0 spiro atoms. The number of nitrogens with two attached hydrogens (primary N) is 4. The number of amides is 18. The third kappa shape index (κ3) is 40.1. The van der Waals surface area contributed by atoms with Gasteiger partial charge in [0.15, 0.2) is 0 Å². The molecule has 0 saturated carbocycles. The maximum absolute atomic E-state index is 14.9. The van der Waals surface area contributed by atoms with Gasteiger partial charge in [-0.3, -0.25) is 105 Å². The van der Waals surface area contributed by atoms with Crippen LogP contribution in [0.25, 0.3) is 10.9 Å². The molecule has 780 valence electrons. The molecule has 51 nitrogen and oxygen atoms in total. The summed E-state index contributed by atoms with van der Waals surface area (Å²) < 4.78 is 0. The van der Waals surface area contributed by atoms with Gasteiger partial charge in [0.2, 0.25) is 106 Å². The lowest BCUT2D eigenvalue weighted by Gasteiger charge is -2.29. The van der Waals surface area contributed by atoms with Gasteiger partial charge < -0.3 is 154 Å². The predicted octanol–water partition coefficient (Wildman–Crippen LogP) is -6.56. The molecule has 1 aromatic heterocycles. The van der Waals surface area contributed by atoms with Gasteiger partial charge in [-0.05, 0) is 122 Å². The van der Waals surface area contributed by atoms with Crippen molar-refractivity contribution in [2.24, 2.45) is 40.7 Å². The van der Waals surface area contributed by atoms with E-state index in [-0.39, 0.29) is 59.2 Å². The number of carbonyl (C=O) groups excluding carboxylic acids is 18. The zero-order valence-electron chi connectivity index (χ0n) is 79.5. The highest BCUT2D eigenvalue weighted by Gasteiger charge is 2.41. The summed E-state index contributed by atoms with van der Waals surface area (Å²) in [6.07, 6.45) is -5.16. The number of primary amides is 2. The second-order valence-corrected chi connectivity index (χ2v) is 34.4. The molecule has 18 amide bonds. The number of carboxylic acids is 4. The lowest BCUT2D eigenvalue weighted by molar-refractivity contribution is -0.142. The van der Waals surface area contributed by atoms with Crippen molar-refractivity contribution in [1.82, 2.24) is 90.1 Å². The quantitative estimate of drug-likeness (QED) is 0.0161. The Balaban J connectivity index is 1.38. The number of carboxylic acid groups (broad SMARTS) is 4. The Morgan fingerprint density at radius 1 is 0.350 bits per heavy atom. The first-order chi connectivity index (χ1) is 67.4. The monoisotopic (exact) mass is 2010 g/mol. The smallest absolute Gasteiger partial charge is 0.322 e. The normalized spacial score (nSPS) is 14.7. The second-order valence-electron chi connectivity index (χ2n) is 34.4. The largest absolute Gasteiger partial charge is 0.508 e. The number of fused-ring (bicyclic) bond motifs is 1. The van der Waals surface area contributed by atoms with Gasteiger partial charge in [-0.25, -0.2) is 0 Å². The number of aromatic amines is 1. The Labute approximate surface area is 819 Å². The average molecular weight is 2010 g/mol. The predicted molar refractivity (Wildman–Crippen MR) is 505 cm³/mol. The van der Waals surface area contributed by atoms with E-state index in [0.29, 0.717) is 42.1 Å². The minimum Gasteiger partial charge on any atom is -0.508 e. The molecule has 17 atom stereocenters. The summed E-state index contributed by atoms with van der Waals surface area (Å²) in [5.41, 5.74) is 24.6. The number of hydrogen-bond donors (Lipinski definition) is 29. The van der Waals surface area contributed by atoms with E-state index in [0.717, 1.165) is 6.92 Å². The van der Waals surface area contributed by atoms with Gasteiger partial charge in [0.05, 0.1) is 44.9 Å². The number of carbonyl (C=O) groups is 22. The van der Waals surface area contributed by atoms with Crippen LogP contribution in [-0.4, -0.2) is 293 Å². The molecule has 5 aromatic rings. The number of hydrogen-bond acceptors (Lipinski definition) is 28. The van der Waals surface area contributed by atoms with E-state index in [1.54, 1.807) is 51.2 Å². The molecule has 1 heterocycles. The number of phenolic OH excluding ortho intramolecular Hbond substituents is 3. The van der Waals surface area contributed by atoms with Crippen LogP contribution < -0.4 is 108 Å². The minimum atomic E-state index is -2.27. The zero-order chi connectivity index (χ0) is 107. The number of para-hydroxylation sites is 1. The maximum Gasteiger partial charge on any atom is 0.322 e. The number of unbranched alkanes of at least 4 members (excludes halogenated alkanes) is 1. The topological polar surface area (TPSA) is 850 Å². The molecule has 143 heavy (non-hydrogen) atoms. The molecular weight excluding hydrogens is 1880 g/mol. The highest BCUT2D eigenvalue weighted by atomic mass is 16.4. The molecule has 0 aliphatic heterocycles. The van der Waals surface area contributed by atoms with Gasteiger partial charge >= 0.3 is 23.9 Å². The van der Waals surface area contributed by atoms with Crippen LogP contribution in [0.1, 0.15) is 141 Å². The van der Waals surface area contributed by atoms with Gasteiger partial charge in [-0.2, -0.15) is 0 Å². The Morgan fingerprint density at radius 2 is 0.713 bits per heavy atom. The number of aromatic nitrogens is 1. The fourth-order valence-corrected chi connectivity index (χ4v) is 14.2. The Kier molecular flexibility index (Phi) is 47.8. The summed E-state index contributed by atoms with van der Waals surface area (Å²) in [4.78, 5) is 303. The van der Waals surface area contributed by atoms with Gasteiger partial charge in [0.25, 0.3) is 0 Å². The molecule has 0 aliphatic carbocycles. The summed E-state index contributed by atoms with van der Waals surface area (Å²) in [5.74, 6) is -30.8. The van der Waals surface area contributed by atoms with Crippen LogP contribution in [-0.2, 0) is 131 Å². The summed E-state index contributed by atoms with van der Waals surface area (Å²) in [6.45, 7) is 7.93. The standard InChI is InChI=1S/C92H127N21O30/c1-8-45(5)75(96)90(141)113-77(46(6)9-2)92(143)110-62(35-51-40-97-56-15-11-10-14-55(51)56)85(136)107-61(34-50-21-27-54(117)28-22-50)84(135)109-64(37-71(121)122)80(131)98-41-70(120)101-65(38-72(123)124)87(138)108-63(36-69(95)119)86(137)102-58(29-30-68(94)118)81(132)105-60(33-49-19-25-53(116)26-20-49)83(134)106-59(32-48-17-23-52(115)24-18-48)82(133)100-47(7)78(129)104-66(39-73(125)126)88(139)111-67(43-114)89(140)112-76(44(3)4)91(142)103-57(16-12-13-31-93)79(130)99-42-74(127)128/h10-11,14-15,17-28,40,44-47,57-67,75-77,97,114-117H,8-9,12-13,16,29-39,41-43,93,96H2,1-7H3,(H2,94,118)(H2,95,119)(H,98,131)(H,99,130)(H,100,133)(H,101,120)(H,102,137)(H,103,142)(H,104,129)(H,105,132)(H,106,134)(H,107,136)(H,108,138)(H,109,135)(H,110,143)(H,111,139)(H,112,140)(H,113,141)(H,121,122)(H,123,124)(H,125,126)(H,127,128)/t45-,46-,47-,57-,58-,59-,60-,61-,62-,63-,64-,65-,66-,67-,75-,76-,77-/m0/s1. The number of aliphatic hydroxyl groups is 1. The number of aromatic hydroxyl groups is 3. The second kappa shape index (κ2) is 58.2. The molecule has 5 rings (SSSR count). The third-order valence-electron chi connectivity index (χ3n) is 22.7. The summed E-state index contributed by atoms with van der Waals surface area (Å²) in [7, 11) is 0. The van der Waals surface area contributed by atoms with Crippen molar-refractivity contribution in [2.75, 3.05) is 26.2 Å². The van der Waals surface area contributed by atoms with Crippen LogP contribution in [0.15, 0.2) is 103 Å². The van der Waals surface area contributed by atoms with Crippen molar-refractivity contribution in [3.8, 4) is 17.2 Å². The van der Waals surface area contributed by atoms with Crippen LogP contribution in [0.5, 0.6) is 17.2 Å². The van der Waals surface area contributed by atoms with E-state index in [4.69, 9.17) is 28.0 Å². The van der Waals surface area contributed by atoms with Crippen molar-refractivity contribution in [1.29, 1.82) is 0 Å².